The largest absolute Gasteiger partial charge is 0.495 e. The first kappa shape index (κ1) is 14.4. The molecule has 0 saturated carbocycles. The van der Waals surface area contributed by atoms with Crippen molar-refractivity contribution in [3.8, 4) is 17.6 Å². The fourth-order valence-electron chi connectivity index (χ4n) is 1.63. The lowest BCUT2D eigenvalue weighted by Crippen LogP contribution is -1.92. The van der Waals surface area contributed by atoms with E-state index >= 15 is 0 Å². The Morgan fingerprint density at radius 1 is 1.45 bits per heavy atom. The van der Waals surface area contributed by atoms with E-state index in [4.69, 9.17) is 9.84 Å². The maximum atomic E-state index is 8.78. The number of benzene rings is 1. The Balaban J connectivity index is 2.14. The van der Waals surface area contributed by atoms with Crippen LogP contribution in [0.1, 0.15) is 11.1 Å². The smallest absolute Gasteiger partial charge is 0.191 e. The van der Waals surface area contributed by atoms with Crippen LogP contribution in [0, 0.1) is 11.8 Å². The zero-order chi connectivity index (χ0) is 14.4. The molecule has 0 unspecified atom stereocenters. The molecule has 0 fully saturated rings. The van der Waals surface area contributed by atoms with Crippen LogP contribution in [0.4, 0.5) is 0 Å². The molecule has 0 aliphatic rings. The number of aliphatic hydroxyl groups is 1. The first-order chi connectivity index (χ1) is 9.74. The molecule has 1 aromatic heterocycles. The lowest BCUT2D eigenvalue weighted by molar-refractivity contribution is 0.350. The van der Waals surface area contributed by atoms with E-state index in [-0.39, 0.29) is 6.61 Å². The molecule has 0 saturated heterocycles. The van der Waals surface area contributed by atoms with Gasteiger partial charge in [-0.1, -0.05) is 29.7 Å². The minimum Gasteiger partial charge on any atom is -0.495 e. The van der Waals surface area contributed by atoms with Gasteiger partial charge >= 0.3 is 0 Å². The molecular weight excluding hydrogens is 274 g/mol. The molecule has 0 aliphatic heterocycles. The van der Waals surface area contributed by atoms with Gasteiger partial charge in [0, 0.05) is 12.8 Å². The highest BCUT2D eigenvalue weighted by atomic mass is 32.2. The fourth-order valence-corrected chi connectivity index (χ4v) is 2.46. The third-order valence-corrected chi connectivity index (χ3v) is 3.71. The second-order valence-corrected chi connectivity index (χ2v) is 4.95. The van der Waals surface area contributed by atoms with Gasteiger partial charge in [0.25, 0.3) is 0 Å². The number of hydrogen-bond donors (Lipinski definition) is 1. The highest BCUT2D eigenvalue weighted by Gasteiger charge is 2.05. The van der Waals surface area contributed by atoms with E-state index in [2.05, 4.69) is 22.0 Å². The van der Waals surface area contributed by atoms with E-state index in [1.54, 1.807) is 25.2 Å². The van der Waals surface area contributed by atoms with E-state index in [0.717, 1.165) is 22.0 Å². The zero-order valence-electron chi connectivity index (χ0n) is 11.3. The van der Waals surface area contributed by atoms with Crippen LogP contribution in [0.15, 0.2) is 29.7 Å². The molecule has 0 spiro atoms. The maximum absolute atomic E-state index is 8.78. The highest BCUT2D eigenvalue weighted by Crippen LogP contribution is 2.24. The van der Waals surface area contributed by atoms with Crippen molar-refractivity contribution in [2.45, 2.75) is 10.9 Å². The topological polar surface area (TPSA) is 60.2 Å². The summed E-state index contributed by atoms with van der Waals surface area (Å²) < 4.78 is 7.13. The molecule has 0 radical (unpaired) electrons. The van der Waals surface area contributed by atoms with E-state index in [1.165, 1.54) is 0 Å². The molecule has 1 aromatic carbocycles. The lowest BCUT2D eigenvalue weighted by Gasteiger charge is -2.06. The summed E-state index contributed by atoms with van der Waals surface area (Å²) in [5.41, 5.74) is 1.89. The number of nitrogens with zero attached hydrogens (tertiary/aromatic N) is 3. The van der Waals surface area contributed by atoms with Crippen LogP contribution in [-0.4, -0.2) is 33.6 Å². The molecule has 2 aromatic rings. The van der Waals surface area contributed by atoms with Gasteiger partial charge in [0.15, 0.2) is 5.16 Å². The number of aliphatic hydroxyl groups excluding tert-OH is 1. The zero-order valence-corrected chi connectivity index (χ0v) is 12.1. The van der Waals surface area contributed by atoms with Crippen molar-refractivity contribution >= 4 is 11.8 Å². The quantitative estimate of drug-likeness (QED) is 0.682. The van der Waals surface area contributed by atoms with Crippen LogP contribution in [0.25, 0.3) is 0 Å². The van der Waals surface area contributed by atoms with E-state index in [0.29, 0.717) is 5.75 Å². The molecule has 104 valence electrons. The predicted octanol–water partition coefficient (Wildman–Crippen LogP) is 1.46. The Kier molecular flexibility index (Phi) is 5.04. The van der Waals surface area contributed by atoms with Crippen LogP contribution >= 0.6 is 11.8 Å². The third-order valence-electron chi connectivity index (χ3n) is 2.60. The molecule has 2 rings (SSSR count). The van der Waals surface area contributed by atoms with Crippen LogP contribution in [0.3, 0.4) is 0 Å². The monoisotopic (exact) mass is 289 g/mol. The normalized spacial score (nSPS) is 9.95. The standard InChI is InChI=1S/C14H15N3O2S/c1-17-10-15-16-14(17)20-9-11-5-6-13(19-2)12(8-11)4-3-7-18/h5-6,8,10,18H,7,9H2,1-2H3. The van der Waals surface area contributed by atoms with Crippen molar-refractivity contribution in [2.24, 2.45) is 7.05 Å². The van der Waals surface area contributed by atoms with Crippen LogP contribution in [0.2, 0.25) is 0 Å². The molecular formula is C14H15N3O2S. The van der Waals surface area contributed by atoms with E-state index in [9.17, 15) is 0 Å². The maximum Gasteiger partial charge on any atom is 0.191 e. The Morgan fingerprint density at radius 3 is 2.95 bits per heavy atom. The van der Waals surface area contributed by atoms with E-state index < -0.39 is 0 Å². The van der Waals surface area contributed by atoms with Gasteiger partial charge < -0.3 is 14.4 Å². The molecule has 5 nitrogen and oxygen atoms in total. The SMILES string of the molecule is COc1ccc(CSc2nncn2C)cc1C#CCO. The number of thioether (sulfide) groups is 1. The second kappa shape index (κ2) is 6.98. The molecule has 0 aliphatic carbocycles. The second-order valence-electron chi connectivity index (χ2n) is 4.01. The Labute approximate surface area is 122 Å². The van der Waals surface area contributed by atoms with Crippen molar-refractivity contribution in [3.05, 3.63) is 35.7 Å². The van der Waals surface area contributed by atoms with Gasteiger partial charge in [-0.2, -0.15) is 0 Å². The summed E-state index contributed by atoms with van der Waals surface area (Å²) in [7, 11) is 3.52. The highest BCUT2D eigenvalue weighted by molar-refractivity contribution is 7.98. The number of hydrogen-bond acceptors (Lipinski definition) is 5. The van der Waals surface area contributed by atoms with Crippen LogP contribution < -0.4 is 4.74 Å². The summed E-state index contributed by atoms with van der Waals surface area (Å²) in [6.45, 7) is -0.166. The van der Waals surface area contributed by atoms with Gasteiger partial charge in [-0.3, -0.25) is 0 Å². The van der Waals surface area contributed by atoms with Crippen molar-refractivity contribution in [1.82, 2.24) is 14.8 Å². The van der Waals surface area contributed by atoms with Crippen LogP contribution in [0.5, 0.6) is 5.75 Å². The summed E-state index contributed by atoms with van der Waals surface area (Å²) in [6.07, 6.45) is 1.68. The minimum absolute atomic E-state index is 0.166. The first-order valence-electron chi connectivity index (χ1n) is 5.98. The number of ether oxygens (including phenoxy) is 1. The number of methoxy groups -OCH3 is 1. The van der Waals surface area contributed by atoms with Crippen molar-refractivity contribution < 1.29 is 9.84 Å². The molecule has 1 N–H and O–H groups in total. The minimum atomic E-state index is -0.166. The van der Waals surface area contributed by atoms with Gasteiger partial charge in [-0.25, -0.2) is 0 Å². The number of aryl methyl sites for hydroxylation is 1. The molecule has 1 heterocycles. The Bertz CT molecular complexity index is 643. The summed E-state index contributed by atoms with van der Waals surface area (Å²) >= 11 is 1.60. The molecule has 20 heavy (non-hydrogen) atoms. The lowest BCUT2D eigenvalue weighted by atomic mass is 10.1. The van der Waals surface area contributed by atoms with Gasteiger partial charge in [0.1, 0.15) is 18.7 Å². The summed E-state index contributed by atoms with van der Waals surface area (Å²) in [6, 6.07) is 5.84. The van der Waals surface area contributed by atoms with Crippen molar-refractivity contribution in [2.75, 3.05) is 13.7 Å². The molecule has 0 bridgehead atoms. The van der Waals surface area contributed by atoms with Crippen molar-refractivity contribution in [1.29, 1.82) is 0 Å². The summed E-state index contributed by atoms with van der Waals surface area (Å²) in [5.74, 6) is 7.00. The average Bonchev–Trinajstić information content (AvgIpc) is 2.88. The van der Waals surface area contributed by atoms with Gasteiger partial charge in [0.05, 0.1) is 12.7 Å². The third kappa shape index (κ3) is 3.53. The molecule has 0 atom stereocenters. The first-order valence-corrected chi connectivity index (χ1v) is 6.96. The Morgan fingerprint density at radius 2 is 2.30 bits per heavy atom. The fraction of sp³-hybridized carbons (Fsp3) is 0.286. The van der Waals surface area contributed by atoms with Gasteiger partial charge in [0.2, 0.25) is 0 Å². The van der Waals surface area contributed by atoms with E-state index in [1.807, 2.05) is 29.8 Å². The average molecular weight is 289 g/mol. The predicted molar refractivity (Wildman–Crippen MR) is 77.5 cm³/mol. The Hall–Kier alpha value is -1.97. The molecule has 0 amide bonds. The van der Waals surface area contributed by atoms with Gasteiger partial charge in [-0.05, 0) is 17.7 Å². The van der Waals surface area contributed by atoms with Crippen LogP contribution in [-0.2, 0) is 12.8 Å². The summed E-state index contributed by atoms with van der Waals surface area (Å²) in [4.78, 5) is 0. The van der Waals surface area contributed by atoms with Crippen molar-refractivity contribution in [3.63, 3.8) is 0 Å². The summed E-state index contributed by atoms with van der Waals surface area (Å²) in [5, 5.41) is 17.5. The molecule has 6 heteroatoms. The van der Waals surface area contributed by atoms with Gasteiger partial charge in [-0.15, -0.1) is 10.2 Å². The number of aromatic nitrogens is 3. The number of rotatable bonds is 4.